The average molecular weight is 344 g/mol. The summed E-state index contributed by atoms with van der Waals surface area (Å²) in [6.45, 7) is 0. The summed E-state index contributed by atoms with van der Waals surface area (Å²) in [5.74, 6) is 0. The van der Waals surface area contributed by atoms with Crippen LogP contribution in [0.4, 0.5) is 0 Å². The molecule has 0 aromatic heterocycles. The van der Waals surface area contributed by atoms with Crippen molar-refractivity contribution >= 4 is 83.2 Å². The van der Waals surface area contributed by atoms with E-state index in [1.54, 1.807) is 0 Å². The Morgan fingerprint density at radius 1 is 1.00 bits per heavy atom. The number of rotatable bonds is 0. The second-order valence-electron chi connectivity index (χ2n) is 0. The molecule has 5 heavy (non-hydrogen) atoms. The normalized spacial score (nSPS) is 0. The van der Waals surface area contributed by atoms with E-state index in [0.717, 1.165) is 0 Å². The number of hydrogen-bond donors (Lipinski definition) is 0. The van der Waals surface area contributed by atoms with Crippen LogP contribution in [0.1, 0.15) is 0 Å². The molecule has 0 rings (SSSR count). The van der Waals surface area contributed by atoms with Crippen molar-refractivity contribution < 1.29 is 58.1 Å². The second-order valence-corrected chi connectivity index (χ2v) is 0. The van der Waals surface area contributed by atoms with Crippen molar-refractivity contribution in [3.63, 3.8) is 0 Å². The monoisotopic (exact) mass is 344 g/mol. The molecular weight excluding hydrogens is 338 g/mol. The summed E-state index contributed by atoms with van der Waals surface area (Å²) < 4.78 is 0. The predicted molar refractivity (Wildman–Crippen MR) is 20.7 cm³/mol. The van der Waals surface area contributed by atoms with Crippen molar-refractivity contribution in [3.05, 3.63) is 0 Å². The van der Waals surface area contributed by atoms with Crippen LogP contribution in [0.25, 0.3) is 0 Å². The molecule has 0 fully saturated rings. The molecule has 1 nitrogen and oxygen atoms in total. The first kappa shape index (κ1) is 34.2. The standard InChI is InChI=1S/Ca.La.Mn.H2O.Sr.4H/h;;;1H2;;;;;. The Kier molecular flexibility index (Phi) is 162. The molecule has 0 aliphatic rings. The van der Waals surface area contributed by atoms with Gasteiger partial charge in [0.25, 0.3) is 0 Å². The van der Waals surface area contributed by atoms with Crippen molar-refractivity contribution in [1.82, 2.24) is 0 Å². The van der Waals surface area contributed by atoms with Crippen LogP contribution in [-0.2, 0) is 17.1 Å². The third-order valence-corrected chi connectivity index (χ3v) is 0. The van der Waals surface area contributed by atoms with E-state index in [2.05, 4.69) is 0 Å². The molecule has 0 heterocycles. The van der Waals surface area contributed by atoms with E-state index in [9.17, 15) is 0 Å². The number of hydrogen-bond acceptors (Lipinski definition) is 0. The quantitative estimate of drug-likeness (QED) is 0.430. The Morgan fingerprint density at radius 2 is 1.00 bits per heavy atom. The van der Waals surface area contributed by atoms with E-state index in [0.29, 0.717) is 0 Å². The van der Waals surface area contributed by atoms with Gasteiger partial charge < -0.3 is 5.48 Å². The van der Waals surface area contributed by atoms with Crippen LogP contribution in [-0.4, -0.2) is 88.7 Å². The van der Waals surface area contributed by atoms with Crippen LogP contribution < -0.4 is 0 Å². The van der Waals surface area contributed by atoms with E-state index in [-0.39, 0.29) is 141 Å². The van der Waals surface area contributed by atoms with Gasteiger partial charge in [0.2, 0.25) is 0 Å². The third kappa shape index (κ3) is 17.8. The Balaban J connectivity index is 0. The van der Waals surface area contributed by atoms with Gasteiger partial charge in [-0.2, -0.15) is 0 Å². The minimum atomic E-state index is 0. The average Bonchev–Trinajstić information content (AvgIpc) is 0. The first-order valence-corrected chi connectivity index (χ1v) is 0. The molecule has 0 atom stereocenters. The fourth-order valence-corrected chi connectivity index (χ4v) is 0. The SMILES string of the molecule is O.[CaH2].[La].[Mn].[SrH2]. The third-order valence-electron chi connectivity index (χ3n) is 0. The molecule has 0 spiro atoms. The van der Waals surface area contributed by atoms with Gasteiger partial charge in [-0.1, -0.05) is 0 Å². The summed E-state index contributed by atoms with van der Waals surface area (Å²) in [4.78, 5) is 0. The maximum absolute atomic E-state index is 0. The van der Waals surface area contributed by atoms with Crippen LogP contribution in [0.2, 0.25) is 0 Å². The van der Waals surface area contributed by atoms with Gasteiger partial charge in [0.15, 0.2) is 0 Å². The predicted octanol–water partition coefficient (Wildman–Crippen LogP) is -2.66. The first-order chi connectivity index (χ1) is 0. The van der Waals surface area contributed by atoms with Crippen molar-refractivity contribution in [1.29, 1.82) is 0 Å². The Morgan fingerprint density at radius 3 is 1.00 bits per heavy atom. The molecule has 26 valence electrons. The topological polar surface area (TPSA) is 31.5 Å². The summed E-state index contributed by atoms with van der Waals surface area (Å²) in [7, 11) is 0. The first-order valence-electron chi connectivity index (χ1n) is 0. The molecule has 0 aromatic carbocycles. The van der Waals surface area contributed by atoms with E-state index >= 15 is 0 Å². The van der Waals surface area contributed by atoms with Gasteiger partial charge in [-0.05, 0) is 0 Å². The van der Waals surface area contributed by atoms with E-state index in [1.807, 2.05) is 0 Å². The minimum absolute atomic E-state index is 0. The van der Waals surface area contributed by atoms with Crippen molar-refractivity contribution in [2.24, 2.45) is 0 Å². The molecule has 0 aliphatic carbocycles. The molecule has 0 aliphatic heterocycles. The molecule has 0 amide bonds. The zero-order valence-electron chi connectivity index (χ0n) is 1.46. The van der Waals surface area contributed by atoms with Crippen LogP contribution in [0.5, 0.6) is 0 Å². The summed E-state index contributed by atoms with van der Waals surface area (Å²) in [6.07, 6.45) is 0. The van der Waals surface area contributed by atoms with Gasteiger partial charge in [-0.25, -0.2) is 0 Å². The summed E-state index contributed by atoms with van der Waals surface area (Å²) in [6, 6.07) is 0. The van der Waals surface area contributed by atoms with Crippen LogP contribution in [0.3, 0.4) is 0 Å². The molecule has 0 saturated carbocycles. The van der Waals surface area contributed by atoms with Gasteiger partial charge in [0.1, 0.15) is 0 Å². The Bertz CT molecular complexity index is 11.6. The van der Waals surface area contributed by atoms with E-state index in [1.165, 1.54) is 0 Å². The van der Waals surface area contributed by atoms with E-state index in [4.69, 9.17) is 0 Å². The van der Waals surface area contributed by atoms with Crippen molar-refractivity contribution in [2.75, 3.05) is 0 Å². The summed E-state index contributed by atoms with van der Waals surface area (Å²) in [5, 5.41) is 0. The van der Waals surface area contributed by atoms with Gasteiger partial charge in [0.05, 0.1) is 0 Å². The molecule has 0 aromatic rings. The molecular formula is H6CaLaMnOSr. The molecule has 0 saturated heterocycles. The summed E-state index contributed by atoms with van der Waals surface area (Å²) >= 11 is 0. The van der Waals surface area contributed by atoms with Gasteiger partial charge >= 0.3 is 83.2 Å². The Labute approximate surface area is 137 Å². The van der Waals surface area contributed by atoms with Crippen LogP contribution >= 0.6 is 0 Å². The molecule has 2 N–H and O–H groups in total. The van der Waals surface area contributed by atoms with Crippen molar-refractivity contribution in [2.45, 2.75) is 0 Å². The molecule has 5 heteroatoms. The molecule has 0 bridgehead atoms. The van der Waals surface area contributed by atoms with Gasteiger partial charge in [-0.3, -0.25) is 0 Å². The zero-order chi connectivity index (χ0) is 0. The van der Waals surface area contributed by atoms with Gasteiger partial charge in [-0.15, -0.1) is 0 Å². The fraction of sp³-hybridized carbons (Fsp3) is 0. The van der Waals surface area contributed by atoms with Gasteiger partial charge in [0, 0.05) is 52.7 Å². The molecule has 0 unspecified atom stereocenters. The summed E-state index contributed by atoms with van der Waals surface area (Å²) in [5.41, 5.74) is 0. The van der Waals surface area contributed by atoms with Crippen molar-refractivity contribution in [3.8, 4) is 0 Å². The van der Waals surface area contributed by atoms with Crippen LogP contribution in [0, 0.1) is 35.6 Å². The zero-order valence-corrected chi connectivity index (χ0v) is 6.26. The van der Waals surface area contributed by atoms with Crippen LogP contribution in [0.15, 0.2) is 0 Å². The maximum atomic E-state index is 0. The second kappa shape index (κ2) is 23.7. The molecule has 2 radical (unpaired) electrons. The van der Waals surface area contributed by atoms with E-state index < -0.39 is 0 Å². The Hall–Kier alpha value is 4.41. The fourth-order valence-electron chi connectivity index (χ4n) is 0.